The predicted molar refractivity (Wildman–Crippen MR) is 85.8 cm³/mol. The van der Waals surface area contributed by atoms with Gasteiger partial charge in [0.15, 0.2) is 0 Å². The van der Waals surface area contributed by atoms with Crippen molar-refractivity contribution < 1.29 is 0 Å². The highest BCUT2D eigenvalue weighted by molar-refractivity contribution is 5.54. The van der Waals surface area contributed by atoms with Crippen molar-refractivity contribution in [2.45, 2.75) is 66.1 Å². The van der Waals surface area contributed by atoms with Gasteiger partial charge in [-0.05, 0) is 52.7 Å². The van der Waals surface area contributed by atoms with Crippen LogP contribution in [0.3, 0.4) is 0 Å². The van der Waals surface area contributed by atoms with Gasteiger partial charge in [0.2, 0.25) is 0 Å². The van der Waals surface area contributed by atoms with Crippen LogP contribution in [0.25, 0.3) is 0 Å². The molecule has 0 saturated carbocycles. The van der Waals surface area contributed by atoms with E-state index in [9.17, 15) is 0 Å². The summed E-state index contributed by atoms with van der Waals surface area (Å²) >= 11 is 0. The van der Waals surface area contributed by atoms with Crippen molar-refractivity contribution >= 4 is 5.69 Å². The standard InChI is InChI=1S/C17H30N2/c1-7-12-19(14(2)3)16-11-9-8-10-15(16)13-18-17(4,5)6/h8-11,14,18H,7,12-13H2,1-6H3. The molecule has 0 amide bonds. The lowest BCUT2D eigenvalue weighted by Crippen LogP contribution is -2.37. The van der Waals surface area contributed by atoms with E-state index in [0.717, 1.165) is 13.1 Å². The van der Waals surface area contributed by atoms with Crippen molar-refractivity contribution in [3.63, 3.8) is 0 Å². The van der Waals surface area contributed by atoms with Crippen LogP contribution in [0.2, 0.25) is 0 Å². The Morgan fingerprint density at radius 1 is 1.16 bits per heavy atom. The van der Waals surface area contributed by atoms with E-state index in [1.807, 2.05) is 0 Å². The van der Waals surface area contributed by atoms with E-state index >= 15 is 0 Å². The van der Waals surface area contributed by atoms with Crippen molar-refractivity contribution in [2.24, 2.45) is 0 Å². The summed E-state index contributed by atoms with van der Waals surface area (Å²) in [6.45, 7) is 15.4. The molecule has 1 aromatic carbocycles. The van der Waals surface area contributed by atoms with Gasteiger partial charge in [-0.1, -0.05) is 25.1 Å². The molecular weight excluding hydrogens is 232 g/mol. The Morgan fingerprint density at radius 3 is 2.32 bits per heavy atom. The molecule has 2 heteroatoms. The number of nitrogens with one attached hydrogen (secondary N) is 1. The van der Waals surface area contributed by atoms with Gasteiger partial charge >= 0.3 is 0 Å². The first-order valence-corrected chi connectivity index (χ1v) is 7.44. The molecule has 0 fully saturated rings. The molecule has 0 unspecified atom stereocenters. The second kappa shape index (κ2) is 6.95. The van der Waals surface area contributed by atoms with Crippen molar-refractivity contribution in [1.82, 2.24) is 5.32 Å². The van der Waals surface area contributed by atoms with Crippen molar-refractivity contribution in [1.29, 1.82) is 0 Å². The van der Waals surface area contributed by atoms with E-state index in [4.69, 9.17) is 0 Å². The number of hydrogen-bond donors (Lipinski definition) is 1. The molecule has 0 aliphatic heterocycles. The Balaban J connectivity index is 2.93. The highest BCUT2D eigenvalue weighted by atomic mass is 15.2. The Kier molecular flexibility index (Phi) is 5.86. The topological polar surface area (TPSA) is 15.3 Å². The average molecular weight is 262 g/mol. The summed E-state index contributed by atoms with van der Waals surface area (Å²) in [5.41, 5.74) is 2.91. The lowest BCUT2D eigenvalue weighted by molar-refractivity contribution is 0.424. The molecule has 1 N–H and O–H groups in total. The third-order valence-corrected chi connectivity index (χ3v) is 3.20. The van der Waals surface area contributed by atoms with Crippen LogP contribution in [0.15, 0.2) is 24.3 Å². The first kappa shape index (κ1) is 16.0. The summed E-state index contributed by atoms with van der Waals surface area (Å²) in [6, 6.07) is 9.29. The SMILES string of the molecule is CCCN(c1ccccc1CNC(C)(C)C)C(C)C. The number of benzene rings is 1. The Morgan fingerprint density at radius 2 is 1.79 bits per heavy atom. The van der Waals surface area contributed by atoms with E-state index in [-0.39, 0.29) is 5.54 Å². The van der Waals surface area contributed by atoms with E-state index in [1.165, 1.54) is 17.7 Å². The minimum atomic E-state index is 0.153. The zero-order valence-electron chi connectivity index (χ0n) is 13.5. The predicted octanol–water partition coefficient (Wildman–Crippen LogP) is 4.20. The fourth-order valence-electron chi connectivity index (χ4n) is 2.20. The maximum atomic E-state index is 3.59. The van der Waals surface area contributed by atoms with Gasteiger partial charge in [0, 0.05) is 30.4 Å². The number of para-hydroxylation sites is 1. The highest BCUT2D eigenvalue weighted by Crippen LogP contribution is 2.23. The molecule has 0 spiro atoms. The zero-order chi connectivity index (χ0) is 14.5. The second-order valence-electron chi connectivity index (χ2n) is 6.52. The Hall–Kier alpha value is -1.02. The number of anilines is 1. The first-order chi connectivity index (χ1) is 8.85. The summed E-state index contributed by atoms with van der Waals surface area (Å²) in [4.78, 5) is 2.50. The maximum absolute atomic E-state index is 3.59. The molecule has 0 radical (unpaired) electrons. The minimum absolute atomic E-state index is 0.153. The Bertz CT molecular complexity index is 377. The number of rotatable bonds is 6. The van der Waals surface area contributed by atoms with Crippen molar-refractivity contribution in [2.75, 3.05) is 11.4 Å². The Labute approximate surface area is 119 Å². The molecule has 0 aromatic heterocycles. The van der Waals surface area contributed by atoms with Crippen LogP contribution in [-0.4, -0.2) is 18.1 Å². The molecule has 0 atom stereocenters. The third-order valence-electron chi connectivity index (χ3n) is 3.20. The lowest BCUT2D eigenvalue weighted by atomic mass is 10.1. The van der Waals surface area contributed by atoms with Gasteiger partial charge < -0.3 is 10.2 Å². The summed E-state index contributed by atoms with van der Waals surface area (Å²) < 4.78 is 0. The normalized spacial score (nSPS) is 11.9. The summed E-state index contributed by atoms with van der Waals surface area (Å²) in [7, 11) is 0. The van der Waals surface area contributed by atoms with Crippen LogP contribution >= 0.6 is 0 Å². The van der Waals surface area contributed by atoms with Crippen LogP contribution in [0, 0.1) is 0 Å². The zero-order valence-corrected chi connectivity index (χ0v) is 13.5. The number of hydrogen-bond acceptors (Lipinski definition) is 2. The quantitative estimate of drug-likeness (QED) is 0.826. The maximum Gasteiger partial charge on any atom is 0.0414 e. The van der Waals surface area contributed by atoms with Crippen LogP contribution < -0.4 is 10.2 Å². The van der Waals surface area contributed by atoms with Gasteiger partial charge in [0.25, 0.3) is 0 Å². The van der Waals surface area contributed by atoms with Gasteiger partial charge in [-0.2, -0.15) is 0 Å². The number of nitrogens with zero attached hydrogens (tertiary/aromatic N) is 1. The molecule has 19 heavy (non-hydrogen) atoms. The molecule has 2 nitrogen and oxygen atoms in total. The van der Waals surface area contributed by atoms with Crippen molar-refractivity contribution in [3.05, 3.63) is 29.8 Å². The highest BCUT2D eigenvalue weighted by Gasteiger charge is 2.15. The van der Waals surface area contributed by atoms with Crippen LogP contribution in [-0.2, 0) is 6.54 Å². The molecule has 1 aromatic rings. The molecule has 1 rings (SSSR count). The average Bonchev–Trinajstić information content (AvgIpc) is 2.33. The fourth-order valence-corrected chi connectivity index (χ4v) is 2.20. The van der Waals surface area contributed by atoms with E-state index in [2.05, 4.69) is 76.0 Å². The van der Waals surface area contributed by atoms with E-state index in [1.54, 1.807) is 0 Å². The molecule has 0 saturated heterocycles. The van der Waals surface area contributed by atoms with Gasteiger partial charge in [0.05, 0.1) is 0 Å². The molecule has 0 heterocycles. The summed E-state index contributed by atoms with van der Waals surface area (Å²) in [5.74, 6) is 0. The van der Waals surface area contributed by atoms with E-state index < -0.39 is 0 Å². The third kappa shape index (κ3) is 5.23. The van der Waals surface area contributed by atoms with Gasteiger partial charge in [0.1, 0.15) is 0 Å². The van der Waals surface area contributed by atoms with Crippen molar-refractivity contribution in [3.8, 4) is 0 Å². The fraction of sp³-hybridized carbons (Fsp3) is 0.647. The van der Waals surface area contributed by atoms with Gasteiger partial charge in [-0.15, -0.1) is 0 Å². The molecule has 0 bridgehead atoms. The summed E-state index contributed by atoms with van der Waals surface area (Å²) in [5, 5.41) is 3.59. The smallest absolute Gasteiger partial charge is 0.0414 e. The largest absolute Gasteiger partial charge is 0.369 e. The molecular formula is C17H30N2. The molecule has 0 aliphatic carbocycles. The van der Waals surface area contributed by atoms with E-state index in [0.29, 0.717) is 6.04 Å². The lowest BCUT2D eigenvalue weighted by Gasteiger charge is -2.31. The van der Waals surface area contributed by atoms with Gasteiger partial charge in [-0.25, -0.2) is 0 Å². The second-order valence-corrected chi connectivity index (χ2v) is 6.52. The first-order valence-electron chi connectivity index (χ1n) is 7.44. The van der Waals surface area contributed by atoms with Crippen LogP contribution in [0.4, 0.5) is 5.69 Å². The van der Waals surface area contributed by atoms with Crippen LogP contribution in [0.5, 0.6) is 0 Å². The van der Waals surface area contributed by atoms with Gasteiger partial charge in [-0.3, -0.25) is 0 Å². The minimum Gasteiger partial charge on any atom is -0.369 e. The monoisotopic (exact) mass is 262 g/mol. The molecule has 0 aliphatic rings. The summed E-state index contributed by atoms with van der Waals surface area (Å²) in [6.07, 6.45) is 1.18. The molecule has 108 valence electrons. The van der Waals surface area contributed by atoms with Crippen LogP contribution in [0.1, 0.15) is 53.5 Å².